The number of carbonyl (C=O) groups excluding carboxylic acids is 3. The van der Waals surface area contributed by atoms with Crippen LogP contribution in [0, 0.1) is 5.92 Å². The van der Waals surface area contributed by atoms with Crippen LogP contribution in [-0.2, 0) is 19.1 Å². The number of nitrogens with one attached hydrogen (secondary N) is 1. The normalized spacial score (nSPS) is 21.6. The number of rotatable bonds is 6. The fourth-order valence-corrected chi connectivity index (χ4v) is 3.25. The molecule has 1 saturated heterocycles. The van der Waals surface area contributed by atoms with E-state index < -0.39 is 30.1 Å². The minimum absolute atomic E-state index is 0.0896. The van der Waals surface area contributed by atoms with Crippen molar-refractivity contribution in [2.45, 2.75) is 38.8 Å². The highest BCUT2D eigenvalue weighted by Crippen LogP contribution is 2.26. The summed E-state index contributed by atoms with van der Waals surface area (Å²) in [5.74, 6) is -1.66. The summed E-state index contributed by atoms with van der Waals surface area (Å²) in [5, 5.41) is 11.6. The van der Waals surface area contributed by atoms with Gasteiger partial charge in [-0.3, -0.25) is 9.59 Å². The molecule has 0 saturated carbocycles. The van der Waals surface area contributed by atoms with Gasteiger partial charge in [-0.1, -0.05) is 18.7 Å². The molecule has 0 aromatic rings. The molecule has 1 rings (SSSR count). The molecule has 0 aliphatic carbocycles. The summed E-state index contributed by atoms with van der Waals surface area (Å²) in [4.78, 5) is 47.7. The Bertz CT molecular complexity index is 484. The molecular weight excluding hydrogens is 324 g/mol. The third-order valence-electron chi connectivity index (χ3n) is 3.67. The van der Waals surface area contributed by atoms with Gasteiger partial charge in [0.25, 0.3) is 0 Å². The Labute approximate surface area is 138 Å². The van der Waals surface area contributed by atoms with Crippen molar-refractivity contribution in [1.82, 2.24) is 10.2 Å². The number of carboxylic acids is 1. The lowest BCUT2D eigenvalue weighted by atomic mass is 10.1. The maximum Gasteiger partial charge on any atom is 0.407 e. The Balaban J connectivity index is 2.83. The molecule has 1 unspecified atom stereocenters. The molecule has 0 bridgehead atoms. The van der Waals surface area contributed by atoms with Crippen LogP contribution >= 0.6 is 11.8 Å². The van der Waals surface area contributed by atoms with Crippen molar-refractivity contribution in [3.8, 4) is 0 Å². The van der Waals surface area contributed by atoms with Crippen LogP contribution in [-0.4, -0.2) is 64.6 Å². The second-order valence-electron chi connectivity index (χ2n) is 5.20. The molecule has 1 aliphatic rings. The van der Waals surface area contributed by atoms with Crippen molar-refractivity contribution in [1.29, 1.82) is 0 Å². The summed E-state index contributed by atoms with van der Waals surface area (Å²) < 4.78 is 5.04. The van der Waals surface area contributed by atoms with Crippen LogP contribution in [0.2, 0.25) is 0 Å². The van der Waals surface area contributed by atoms with E-state index in [-0.39, 0.29) is 24.0 Å². The average molecular weight is 346 g/mol. The maximum absolute atomic E-state index is 12.6. The van der Waals surface area contributed by atoms with Crippen LogP contribution in [0.25, 0.3) is 0 Å². The molecule has 1 aliphatic heterocycles. The lowest BCUT2D eigenvalue weighted by molar-refractivity contribution is -0.152. The van der Waals surface area contributed by atoms with Crippen molar-refractivity contribution in [3.05, 3.63) is 0 Å². The number of ether oxygens (including phenoxy) is 1. The highest BCUT2D eigenvalue weighted by Gasteiger charge is 2.45. The SMILES string of the molecule is CCC(CSC(C)=O)C(=O)N1CC[C@H](OC(=O)NC)[C@H]1C(=O)O. The van der Waals surface area contributed by atoms with Gasteiger partial charge < -0.3 is 20.1 Å². The minimum Gasteiger partial charge on any atom is -0.480 e. The topological polar surface area (TPSA) is 113 Å². The van der Waals surface area contributed by atoms with Gasteiger partial charge in [0.2, 0.25) is 5.91 Å². The zero-order valence-electron chi connectivity index (χ0n) is 13.4. The quantitative estimate of drug-likeness (QED) is 0.728. The first-order valence-corrected chi connectivity index (χ1v) is 8.35. The Morgan fingerprint density at radius 1 is 1.39 bits per heavy atom. The predicted octanol–water partition coefficient (Wildman–Crippen LogP) is 0.702. The molecule has 2 N–H and O–H groups in total. The molecular formula is C14H22N2O6S. The molecule has 0 aromatic heterocycles. The van der Waals surface area contributed by atoms with E-state index in [0.29, 0.717) is 12.2 Å². The van der Waals surface area contributed by atoms with Crippen molar-refractivity contribution >= 4 is 34.8 Å². The highest BCUT2D eigenvalue weighted by atomic mass is 32.2. The fraction of sp³-hybridized carbons (Fsp3) is 0.714. The van der Waals surface area contributed by atoms with Gasteiger partial charge in [-0.2, -0.15) is 0 Å². The summed E-state index contributed by atoms with van der Waals surface area (Å²) in [6.45, 7) is 3.44. The zero-order chi connectivity index (χ0) is 17.6. The largest absolute Gasteiger partial charge is 0.480 e. The van der Waals surface area contributed by atoms with E-state index in [4.69, 9.17) is 4.74 Å². The number of thioether (sulfide) groups is 1. The van der Waals surface area contributed by atoms with Gasteiger partial charge in [-0.15, -0.1) is 0 Å². The van der Waals surface area contributed by atoms with E-state index in [1.54, 1.807) is 0 Å². The van der Waals surface area contributed by atoms with Crippen LogP contribution in [0.3, 0.4) is 0 Å². The van der Waals surface area contributed by atoms with Gasteiger partial charge >= 0.3 is 12.1 Å². The number of hydrogen-bond acceptors (Lipinski definition) is 6. The van der Waals surface area contributed by atoms with Crippen LogP contribution in [0.15, 0.2) is 0 Å². The van der Waals surface area contributed by atoms with Crippen LogP contribution < -0.4 is 5.32 Å². The van der Waals surface area contributed by atoms with Crippen molar-refractivity contribution in [2.24, 2.45) is 5.92 Å². The highest BCUT2D eigenvalue weighted by molar-refractivity contribution is 8.13. The fourth-order valence-electron chi connectivity index (χ4n) is 2.44. The van der Waals surface area contributed by atoms with Crippen LogP contribution in [0.4, 0.5) is 4.79 Å². The molecule has 23 heavy (non-hydrogen) atoms. The Morgan fingerprint density at radius 2 is 2.04 bits per heavy atom. The van der Waals surface area contributed by atoms with Gasteiger partial charge in [0.15, 0.2) is 11.2 Å². The standard InChI is InChI=1S/C14H22N2O6S/c1-4-9(7-23-8(2)17)12(18)16-6-5-10(11(16)13(19)20)22-14(21)15-3/h9-11H,4-7H2,1-3H3,(H,15,21)(H,19,20)/t9?,10-,11-/m0/s1. The minimum atomic E-state index is -1.21. The van der Waals surface area contributed by atoms with Crippen molar-refractivity contribution in [3.63, 3.8) is 0 Å². The number of likely N-dealkylation sites (tertiary alicyclic amines) is 1. The summed E-state index contributed by atoms with van der Waals surface area (Å²) in [6.07, 6.45) is -0.834. The first-order chi connectivity index (χ1) is 10.8. The van der Waals surface area contributed by atoms with Gasteiger partial charge in [0, 0.05) is 38.6 Å². The molecule has 0 spiro atoms. The molecule has 0 radical (unpaired) electrons. The number of nitrogens with zero attached hydrogens (tertiary/aromatic N) is 1. The van der Waals surface area contributed by atoms with Crippen LogP contribution in [0.5, 0.6) is 0 Å². The number of hydrogen-bond donors (Lipinski definition) is 2. The zero-order valence-corrected chi connectivity index (χ0v) is 14.2. The van der Waals surface area contributed by atoms with Gasteiger partial charge in [0.1, 0.15) is 6.10 Å². The summed E-state index contributed by atoms with van der Waals surface area (Å²) in [6, 6.07) is -1.20. The molecule has 1 fully saturated rings. The third kappa shape index (κ3) is 5.12. The summed E-state index contributed by atoms with van der Waals surface area (Å²) in [7, 11) is 1.38. The first-order valence-electron chi connectivity index (χ1n) is 7.36. The Hall–Kier alpha value is -1.77. The summed E-state index contributed by atoms with van der Waals surface area (Å²) in [5.41, 5.74) is 0. The average Bonchev–Trinajstić information content (AvgIpc) is 2.90. The predicted molar refractivity (Wildman–Crippen MR) is 84.0 cm³/mol. The molecule has 3 atom stereocenters. The smallest absolute Gasteiger partial charge is 0.407 e. The van der Waals surface area contributed by atoms with E-state index >= 15 is 0 Å². The van der Waals surface area contributed by atoms with E-state index in [0.717, 1.165) is 11.8 Å². The second-order valence-corrected chi connectivity index (χ2v) is 6.40. The lowest BCUT2D eigenvalue weighted by Crippen LogP contribution is -2.49. The van der Waals surface area contributed by atoms with Crippen LogP contribution in [0.1, 0.15) is 26.7 Å². The second kappa shape index (κ2) is 8.76. The van der Waals surface area contributed by atoms with E-state index in [1.165, 1.54) is 18.9 Å². The molecule has 1 heterocycles. The van der Waals surface area contributed by atoms with Gasteiger partial charge in [-0.25, -0.2) is 9.59 Å². The van der Waals surface area contributed by atoms with E-state index in [9.17, 15) is 24.3 Å². The lowest BCUT2D eigenvalue weighted by Gasteiger charge is -2.27. The molecule has 2 amide bonds. The molecule has 9 heteroatoms. The summed E-state index contributed by atoms with van der Waals surface area (Å²) >= 11 is 1.05. The van der Waals surface area contributed by atoms with Crippen molar-refractivity contribution in [2.75, 3.05) is 19.3 Å². The molecule has 0 aromatic carbocycles. The number of carbonyl (C=O) groups is 4. The monoisotopic (exact) mass is 346 g/mol. The molecule has 130 valence electrons. The van der Waals surface area contributed by atoms with Crippen molar-refractivity contribution < 1.29 is 29.0 Å². The first kappa shape index (κ1) is 19.3. The van der Waals surface area contributed by atoms with E-state index in [2.05, 4.69) is 5.32 Å². The Morgan fingerprint density at radius 3 is 2.52 bits per heavy atom. The van der Waals surface area contributed by atoms with Gasteiger partial charge in [0.05, 0.1) is 0 Å². The van der Waals surface area contributed by atoms with E-state index in [1.807, 2.05) is 6.92 Å². The molecule has 8 nitrogen and oxygen atoms in total. The van der Waals surface area contributed by atoms with Gasteiger partial charge in [-0.05, 0) is 6.42 Å². The Kier molecular flexibility index (Phi) is 7.34. The number of alkyl carbamates (subject to hydrolysis) is 1. The number of amides is 2. The maximum atomic E-state index is 12.6. The number of aliphatic carboxylic acids is 1. The third-order valence-corrected chi connectivity index (χ3v) is 4.65. The number of carboxylic acid groups (broad SMARTS) is 1.